The second kappa shape index (κ2) is 7.44. The van der Waals surface area contributed by atoms with Gasteiger partial charge in [-0.05, 0) is 19.2 Å². The highest BCUT2D eigenvalue weighted by molar-refractivity contribution is 5.92. The van der Waals surface area contributed by atoms with Crippen LogP contribution in [0.4, 0.5) is 5.69 Å². The van der Waals surface area contributed by atoms with Gasteiger partial charge in [-0.25, -0.2) is 4.79 Å². The highest BCUT2D eigenvalue weighted by atomic mass is 16.6. The molecule has 0 heterocycles. The Morgan fingerprint density at radius 1 is 1.40 bits per heavy atom. The van der Waals surface area contributed by atoms with Gasteiger partial charge in [0.2, 0.25) is 0 Å². The van der Waals surface area contributed by atoms with Crippen molar-refractivity contribution in [1.29, 1.82) is 0 Å². The fourth-order valence-electron chi connectivity index (χ4n) is 1.77. The van der Waals surface area contributed by atoms with E-state index in [0.717, 1.165) is 19.2 Å². The minimum Gasteiger partial charge on any atom is -0.492 e. The number of ether oxygens (including phenoxy) is 1. The maximum atomic E-state index is 11.0. The van der Waals surface area contributed by atoms with Crippen LogP contribution in [0.15, 0.2) is 18.2 Å². The number of likely N-dealkylation sites (N-methyl/N-ethyl adjacent to an activating group) is 1. The molecule has 1 aromatic carbocycles. The molecule has 0 bridgehead atoms. The van der Waals surface area contributed by atoms with Crippen molar-refractivity contribution in [2.24, 2.45) is 0 Å². The quantitative estimate of drug-likeness (QED) is 0.579. The number of rotatable bonds is 8. The SMILES string of the molecule is CCN(CC)CCOc1ccc([N+](=O)[O-])c(C(=O)O)c1. The van der Waals surface area contributed by atoms with E-state index in [-0.39, 0.29) is 5.56 Å². The number of hydrogen-bond acceptors (Lipinski definition) is 5. The molecule has 0 radical (unpaired) electrons. The van der Waals surface area contributed by atoms with Crippen LogP contribution in [0.5, 0.6) is 5.75 Å². The van der Waals surface area contributed by atoms with Crippen LogP contribution in [0.1, 0.15) is 24.2 Å². The molecule has 0 saturated carbocycles. The monoisotopic (exact) mass is 282 g/mol. The molecule has 0 aliphatic heterocycles. The van der Waals surface area contributed by atoms with Crippen LogP contribution in [0, 0.1) is 10.1 Å². The minimum absolute atomic E-state index is 0.320. The Balaban J connectivity index is 2.75. The van der Waals surface area contributed by atoms with Gasteiger partial charge in [0, 0.05) is 18.7 Å². The van der Waals surface area contributed by atoms with Gasteiger partial charge in [0.25, 0.3) is 5.69 Å². The van der Waals surface area contributed by atoms with Crippen LogP contribution < -0.4 is 4.74 Å². The first-order valence-corrected chi connectivity index (χ1v) is 6.36. The third kappa shape index (κ3) is 4.20. The molecule has 0 atom stereocenters. The average Bonchev–Trinajstić information content (AvgIpc) is 2.43. The van der Waals surface area contributed by atoms with Gasteiger partial charge in [0.05, 0.1) is 4.92 Å². The molecule has 1 rings (SSSR count). The first-order chi connectivity index (χ1) is 9.49. The molecule has 0 aliphatic rings. The fraction of sp³-hybridized carbons (Fsp3) is 0.462. The average molecular weight is 282 g/mol. The smallest absolute Gasteiger partial charge is 0.342 e. The number of carboxylic acid groups (broad SMARTS) is 1. The zero-order valence-corrected chi connectivity index (χ0v) is 11.5. The third-order valence-electron chi connectivity index (χ3n) is 2.97. The van der Waals surface area contributed by atoms with Crippen LogP contribution >= 0.6 is 0 Å². The number of aromatic carboxylic acids is 1. The number of nitro groups is 1. The summed E-state index contributed by atoms with van der Waals surface area (Å²) in [4.78, 5) is 23.1. The standard InChI is InChI=1S/C13H18N2O5/c1-3-14(4-2)7-8-20-10-5-6-12(15(18)19)11(9-10)13(16)17/h5-6,9H,3-4,7-8H2,1-2H3,(H,16,17). The van der Waals surface area contributed by atoms with E-state index in [1.807, 2.05) is 13.8 Å². The van der Waals surface area contributed by atoms with E-state index in [0.29, 0.717) is 18.9 Å². The lowest BCUT2D eigenvalue weighted by molar-refractivity contribution is -0.385. The Bertz CT molecular complexity index is 486. The number of hydrogen-bond donors (Lipinski definition) is 1. The topological polar surface area (TPSA) is 92.9 Å². The van der Waals surface area contributed by atoms with Gasteiger partial charge in [-0.2, -0.15) is 0 Å². The van der Waals surface area contributed by atoms with Crippen molar-refractivity contribution in [2.45, 2.75) is 13.8 Å². The van der Waals surface area contributed by atoms with Gasteiger partial charge in [-0.15, -0.1) is 0 Å². The summed E-state index contributed by atoms with van der Waals surface area (Å²) < 4.78 is 5.44. The second-order valence-corrected chi connectivity index (χ2v) is 4.12. The number of benzene rings is 1. The highest BCUT2D eigenvalue weighted by Crippen LogP contribution is 2.24. The minimum atomic E-state index is -1.34. The molecule has 110 valence electrons. The second-order valence-electron chi connectivity index (χ2n) is 4.12. The summed E-state index contributed by atoms with van der Waals surface area (Å²) in [5, 5.41) is 19.7. The molecule has 1 aromatic rings. The van der Waals surface area contributed by atoms with Crippen LogP contribution in [0.25, 0.3) is 0 Å². The lowest BCUT2D eigenvalue weighted by Gasteiger charge is -2.18. The predicted octanol–water partition coefficient (Wildman–Crippen LogP) is 2.01. The van der Waals surface area contributed by atoms with E-state index in [1.165, 1.54) is 12.1 Å². The molecule has 20 heavy (non-hydrogen) atoms. The van der Waals surface area contributed by atoms with Gasteiger partial charge in [-0.1, -0.05) is 13.8 Å². The molecule has 0 saturated heterocycles. The predicted molar refractivity (Wildman–Crippen MR) is 73.3 cm³/mol. The van der Waals surface area contributed by atoms with Gasteiger partial charge in [0.1, 0.15) is 17.9 Å². The molecule has 7 heteroatoms. The summed E-state index contributed by atoms with van der Waals surface area (Å²) in [6, 6.07) is 3.74. The lowest BCUT2D eigenvalue weighted by atomic mass is 10.1. The van der Waals surface area contributed by atoms with Crippen LogP contribution in [-0.2, 0) is 0 Å². The molecule has 0 fully saturated rings. The van der Waals surface area contributed by atoms with Crippen molar-refractivity contribution < 1.29 is 19.6 Å². The summed E-state index contributed by atoms with van der Waals surface area (Å²) in [5.41, 5.74) is -0.802. The lowest BCUT2D eigenvalue weighted by Crippen LogP contribution is -2.27. The largest absolute Gasteiger partial charge is 0.492 e. The van der Waals surface area contributed by atoms with Crippen LogP contribution in [-0.4, -0.2) is 47.1 Å². The molecule has 1 N–H and O–H groups in total. The van der Waals surface area contributed by atoms with E-state index >= 15 is 0 Å². The number of nitrogens with zero attached hydrogens (tertiary/aromatic N) is 2. The van der Waals surface area contributed by atoms with Crippen LogP contribution in [0.3, 0.4) is 0 Å². The van der Waals surface area contributed by atoms with Crippen molar-refractivity contribution in [3.63, 3.8) is 0 Å². The number of nitro benzene ring substituents is 1. The summed E-state index contributed by atoms with van der Waals surface area (Å²) in [7, 11) is 0. The van der Waals surface area contributed by atoms with Crippen molar-refractivity contribution in [3.05, 3.63) is 33.9 Å². The van der Waals surface area contributed by atoms with Crippen molar-refractivity contribution in [3.8, 4) is 5.75 Å². The zero-order chi connectivity index (χ0) is 15.1. The van der Waals surface area contributed by atoms with E-state index in [9.17, 15) is 14.9 Å². The summed E-state index contributed by atoms with van der Waals surface area (Å²) in [6.07, 6.45) is 0. The van der Waals surface area contributed by atoms with E-state index in [4.69, 9.17) is 9.84 Å². The Morgan fingerprint density at radius 3 is 2.55 bits per heavy atom. The molecule has 0 spiro atoms. The van der Waals surface area contributed by atoms with Crippen molar-refractivity contribution >= 4 is 11.7 Å². The molecule has 0 unspecified atom stereocenters. The maximum Gasteiger partial charge on any atom is 0.342 e. The number of carboxylic acids is 1. The molecule has 0 amide bonds. The first-order valence-electron chi connectivity index (χ1n) is 6.36. The van der Waals surface area contributed by atoms with E-state index in [2.05, 4.69) is 4.90 Å². The van der Waals surface area contributed by atoms with Crippen molar-refractivity contribution in [1.82, 2.24) is 4.90 Å². The first kappa shape index (κ1) is 15.9. The molecule has 7 nitrogen and oxygen atoms in total. The zero-order valence-electron chi connectivity index (χ0n) is 11.5. The molecule has 0 aliphatic carbocycles. The van der Waals surface area contributed by atoms with Crippen molar-refractivity contribution in [2.75, 3.05) is 26.2 Å². The Morgan fingerprint density at radius 2 is 2.05 bits per heavy atom. The van der Waals surface area contributed by atoms with Gasteiger partial charge >= 0.3 is 5.97 Å². The Hall–Kier alpha value is -2.15. The highest BCUT2D eigenvalue weighted by Gasteiger charge is 2.20. The normalized spacial score (nSPS) is 10.6. The van der Waals surface area contributed by atoms with Gasteiger partial charge in [0.15, 0.2) is 0 Å². The number of carbonyl (C=O) groups is 1. The van der Waals surface area contributed by atoms with Crippen LogP contribution in [0.2, 0.25) is 0 Å². The van der Waals surface area contributed by atoms with E-state index < -0.39 is 16.6 Å². The summed E-state index contributed by atoms with van der Waals surface area (Å²) in [5.74, 6) is -1.02. The maximum absolute atomic E-state index is 11.0. The van der Waals surface area contributed by atoms with Gasteiger partial charge in [-0.3, -0.25) is 10.1 Å². The fourth-order valence-corrected chi connectivity index (χ4v) is 1.77. The molecule has 0 aromatic heterocycles. The summed E-state index contributed by atoms with van der Waals surface area (Å²) in [6.45, 7) is 7.00. The summed E-state index contributed by atoms with van der Waals surface area (Å²) >= 11 is 0. The third-order valence-corrected chi connectivity index (χ3v) is 2.97. The molecular weight excluding hydrogens is 264 g/mol. The van der Waals surface area contributed by atoms with Gasteiger partial charge < -0.3 is 14.7 Å². The molecular formula is C13H18N2O5. The Kier molecular flexibility index (Phi) is 5.92. The van der Waals surface area contributed by atoms with E-state index in [1.54, 1.807) is 0 Å². The Labute approximate surface area is 116 Å².